The van der Waals surface area contributed by atoms with E-state index in [0.717, 1.165) is 6.42 Å². The molecule has 1 aromatic rings. The van der Waals surface area contributed by atoms with Crippen molar-refractivity contribution in [2.75, 3.05) is 0 Å². The highest BCUT2D eigenvalue weighted by Crippen LogP contribution is 2.15. The largest absolute Gasteiger partial charge is 0.0871 e. The lowest BCUT2D eigenvalue weighted by atomic mass is 10.0. The molecule has 1 aromatic carbocycles. The van der Waals surface area contributed by atoms with E-state index in [-0.39, 0.29) is 0 Å². The minimum Gasteiger partial charge on any atom is -0.0871 e. The molecule has 0 nitrogen and oxygen atoms in total. The highest BCUT2D eigenvalue weighted by molar-refractivity contribution is 5.58. The van der Waals surface area contributed by atoms with E-state index in [4.69, 9.17) is 0 Å². The van der Waals surface area contributed by atoms with Gasteiger partial charge in [0, 0.05) is 0 Å². The molecule has 0 aliphatic carbocycles. The standard InChI is InChI=1S/C20H26/c1-6-8-10-19(9-7-2)12-18(5)15-20-13-16(3)11-17(4)14-20/h7-15H,6H2,1-5H3/b9-7+,10-8-,18-15-,19-12+. The van der Waals surface area contributed by atoms with E-state index in [1.165, 1.54) is 27.8 Å². The van der Waals surface area contributed by atoms with Crippen LogP contribution in [0.2, 0.25) is 0 Å². The van der Waals surface area contributed by atoms with Crippen LogP contribution in [0.1, 0.15) is 43.9 Å². The first kappa shape index (κ1) is 16.2. The van der Waals surface area contributed by atoms with E-state index in [2.05, 4.69) is 89.3 Å². The summed E-state index contributed by atoms with van der Waals surface area (Å²) in [7, 11) is 0. The average Bonchev–Trinajstić information content (AvgIpc) is 2.34. The molecular formula is C20H26. The Hall–Kier alpha value is -1.82. The van der Waals surface area contributed by atoms with Gasteiger partial charge in [0.05, 0.1) is 0 Å². The van der Waals surface area contributed by atoms with Gasteiger partial charge in [0.15, 0.2) is 0 Å². The Morgan fingerprint density at radius 1 is 1.05 bits per heavy atom. The lowest BCUT2D eigenvalue weighted by Gasteiger charge is -2.02. The summed E-state index contributed by atoms with van der Waals surface area (Å²) in [4.78, 5) is 0. The minimum absolute atomic E-state index is 1.06. The molecule has 20 heavy (non-hydrogen) atoms. The van der Waals surface area contributed by atoms with Crippen LogP contribution in [-0.2, 0) is 0 Å². The summed E-state index contributed by atoms with van der Waals surface area (Å²) < 4.78 is 0. The molecule has 1 rings (SSSR count). The normalized spacial score (nSPS) is 13.7. The van der Waals surface area contributed by atoms with Crippen LogP contribution in [-0.4, -0.2) is 0 Å². The van der Waals surface area contributed by atoms with E-state index in [9.17, 15) is 0 Å². The van der Waals surface area contributed by atoms with Gasteiger partial charge in [0.1, 0.15) is 0 Å². The topological polar surface area (TPSA) is 0 Å². The molecule has 0 bridgehead atoms. The van der Waals surface area contributed by atoms with Gasteiger partial charge in [-0.2, -0.15) is 0 Å². The SMILES string of the molecule is C/C=C/C(/C=C\CC)=C\C(C)=C/c1cc(C)cc(C)c1. The van der Waals surface area contributed by atoms with Crippen LogP contribution in [0.25, 0.3) is 6.08 Å². The smallest absolute Gasteiger partial charge is 0.0249 e. The van der Waals surface area contributed by atoms with Crippen molar-refractivity contribution in [3.05, 3.63) is 76.4 Å². The molecule has 0 fully saturated rings. The van der Waals surface area contributed by atoms with Gasteiger partial charge in [0.25, 0.3) is 0 Å². The van der Waals surface area contributed by atoms with Crippen LogP contribution in [0.3, 0.4) is 0 Å². The number of benzene rings is 1. The van der Waals surface area contributed by atoms with Gasteiger partial charge in [-0.25, -0.2) is 0 Å². The van der Waals surface area contributed by atoms with Gasteiger partial charge in [-0.05, 0) is 50.8 Å². The summed E-state index contributed by atoms with van der Waals surface area (Å²) in [6, 6.07) is 6.65. The first-order valence-corrected chi connectivity index (χ1v) is 7.32. The summed E-state index contributed by atoms with van der Waals surface area (Å²) in [5.41, 5.74) is 6.41. The molecule has 0 atom stereocenters. The second kappa shape index (κ2) is 8.37. The van der Waals surface area contributed by atoms with Crippen molar-refractivity contribution in [1.29, 1.82) is 0 Å². The average molecular weight is 266 g/mol. The van der Waals surface area contributed by atoms with E-state index in [1.807, 2.05) is 0 Å². The number of rotatable bonds is 5. The quantitative estimate of drug-likeness (QED) is 0.558. The van der Waals surface area contributed by atoms with Gasteiger partial charge < -0.3 is 0 Å². The molecule has 0 aliphatic heterocycles. The lowest BCUT2D eigenvalue weighted by molar-refractivity contribution is 1.22. The maximum atomic E-state index is 2.24. The third-order valence-electron chi connectivity index (χ3n) is 2.94. The molecule has 106 valence electrons. The zero-order chi connectivity index (χ0) is 15.0. The number of hydrogen-bond donors (Lipinski definition) is 0. The molecule has 0 heteroatoms. The number of hydrogen-bond acceptors (Lipinski definition) is 0. The molecule has 0 saturated heterocycles. The molecule has 0 heterocycles. The Morgan fingerprint density at radius 3 is 2.25 bits per heavy atom. The Morgan fingerprint density at radius 2 is 1.70 bits per heavy atom. The van der Waals surface area contributed by atoms with Crippen molar-refractivity contribution < 1.29 is 0 Å². The Kier molecular flexibility index (Phi) is 6.79. The fraction of sp³-hybridized carbons (Fsp3) is 0.300. The van der Waals surface area contributed by atoms with Crippen LogP contribution >= 0.6 is 0 Å². The molecule has 0 amide bonds. The second-order valence-electron chi connectivity index (χ2n) is 5.26. The van der Waals surface area contributed by atoms with Crippen LogP contribution in [0.4, 0.5) is 0 Å². The fourth-order valence-corrected chi connectivity index (χ4v) is 2.26. The summed E-state index contributed by atoms with van der Waals surface area (Å²) in [6.45, 7) is 10.6. The fourth-order valence-electron chi connectivity index (χ4n) is 2.26. The first-order chi connectivity index (χ1) is 9.55. The van der Waals surface area contributed by atoms with Crippen molar-refractivity contribution >= 4 is 6.08 Å². The monoisotopic (exact) mass is 266 g/mol. The van der Waals surface area contributed by atoms with Crippen molar-refractivity contribution in [2.45, 2.75) is 41.0 Å². The first-order valence-electron chi connectivity index (χ1n) is 7.32. The van der Waals surface area contributed by atoms with Gasteiger partial charge in [-0.3, -0.25) is 0 Å². The highest BCUT2D eigenvalue weighted by atomic mass is 14.0. The molecule has 0 aliphatic rings. The van der Waals surface area contributed by atoms with Gasteiger partial charge in [-0.1, -0.05) is 72.7 Å². The molecule has 0 N–H and O–H groups in total. The molecule has 0 unspecified atom stereocenters. The summed E-state index contributed by atoms with van der Waals surface area (Å²) in [5.74, 6) is 0. The predicted molar refractivity (Wildman–Crippen MR) is 91.9 cm³/mol. The molecule has 0 saturated carbocycles. The van der Waals surface area contributed by atoms with Crippen LogP contribution in [0.5, 0.6) is 0 Å². The van der Waals surface area contributed by atoms with Crippen LogP contribution in [0.15, 0.2) is 59.7 Å². The lowest BCUT2D eigenvalue weighted by Crippen LogP contribution is -1.82. The molecular weight excluding hydrogens is 240 g/mol. The maximum Gasteiger partial charge on any atom is -0.0249 e. The summed E-state index contributed by atoms with van der Waals surface area (Å²) in [6.07, 6.45) is 14.1. The summed E-state index contributed by atoms with van der Waals surface area (Å²) in [5, 5.41) is 0. The second-order valence-corrected chi connectivity index (χ2v) is 5.26. The Labute approximate surface area is 124 Å². The Bertz CT molecular complexity index is 531. The highest BCUT2D eigenvalue weighted by Gasteiger charge is 1.94. The maximum absolute atomic E-state index is 2.24. The molecule has 0 aromatic heterocycles. The van der Waals surface area contributed by atoms with Gasteiger partial charge in [-0.15, -0.1) is 0 Å². The van der Waals surface area contributed by atoms with E-state index in [0.29, 0.717) is 0 Å². The zero-order valence-corrected chi connectivity index (χ0v) is 13.4. The third kappa shape index (κ3) is 5.88. The van der Waals surface area contributed by atoms with Crippen molar-refractivity contribution in [3.8, 4) is 0 Å². The predicted octanol–water partition coefficient (Wildman–Crippen LogP) is 6.18. The minimum atomic E-state index is 1.06. The third-order valence-corrected chi connectivity index (χ3v) is 2.94. The number of allylic oxidation sites excluding steroid dienone is 7. The van der Waals surface area contributed by atoms with Crippen molar-refractivity contribution in [1.82, 2.24) is 0 Å². The van der Waals surface area contributed by atoms with Gasteiger partial charge >= 0.3 is 0 Å². The van der Waals surface area contributed by atoms with Gasteiger partial charge in [0.2, 0.25) is 0 Å². The molecule has 0 spiro atoms. The van der Waals surface area contributed by atoms with Crippen LogP contribution in [0, 0.1) is 13.8 Å². The summed E-state index contributed by atoms with van der Waals surface area (Å²) >= 11 is 0. The van der Waals surface area contributed by atoms with Crippen molar-refractivity contribution in [2.24, 2.45) is 0 Å². The van der Waals surface area contributed by atoms with E-state index < -0.39 is 0 Å². The number of aryl methyl sites for hydroxylation is 2. The zero-order valence-electron chi connectivity index (χ0n) is 13.4. The van der Waals surface area contributed by atoms with Crippen molar-refractivity contribution in [3.63, 3.8) is 0 Å². The van der Waals surface area contributed by atoms with Crippen LogP contribution < -0.4 is 0 Å². The van der Waals surface area contributed by atoms with E-state index in [1.54, 1.807) is 0 Å². The Balaban J connectivity index is 3.04. The molecule has 0 radical (unpaired) electrons. The van der Waals surface area contributed by atoms with E-state index >= 15 is 0 Å².